The van der Waals surface area contributed by atoms with E-state index >= 15 is 0 Å². The summed E-state index contributed by atoms with van der Waals surface area (Å²) in [4.78, 5) is 16.4. The van der Waals surface area contributed by atoms with Gasteiger partial charge >= 0.3 is 0 Å². The minimum atomic E-state index is -0.115. The number of nitriles is 1. The number of hydrogen-bond acceptors (Lipinski definition) is 4. The van der Waals surface area contributed by atoms with Gasteiger partial charge in [-0.15, -0.1) is 0 Å². The molecule has 0 radical (unpaired) electrons. The van der Waals surface area contributed by atoms with E-state index in [1.807, 2.05) is 43.3 Å². The lowest BCUT2D eigenvalue weighted by molar-refractivity contribution is -0.134. The number of likely N-dealkylation sites (N-methyl/N-ethyl adjacent to an activating group) is 1. The van der Waals surface area contributed by atoms with Gasteiger partial charge in [0.05, 0.1) is 16.7 Å². The van der Waals surface area contributed by atoms with Crippen molar-refractivity contribution in [2.24, 2.45) is 0 Å². The van der Waals surface area contributed by atoms with E-state index in [0.717, 1.165) is 12.1 Å². The maximum atomic E-state index is 12.7. The molecule has 0 heterocycles. The summed E-state index contributed by atoms with van der Waals surface area (Å²) in [5.74, 6) is 0.379. The van der Waals surface area contributed by atoms with Crippen LogP contribution in [0.15, 0.2) is 48.5 Å². The fourth-order valence-corrected chi connectivity index (χ4v) is 2.50. The van der Waals surface area contributed by atoms with Gasteiger partial charge in [0.25, 0.3) is 5.91 Å². The van der Waals surface area contributed by atoms with Gasteiger partial charge in [0, 0.05) is 19.6 Å². The van der Waals surface area contributed by atoms with Crippen molar-refractivity contribution in [1.82, 2.24) is 9.80 Å². The second-order valence-corrected chi connectivity index (χ2v) is 6.55. The normalized spacial score (nSPS) is 10.4. The van der Waals surface area contributed by atoms with Crippen LogP contribution in [0, 0.1) is 11.3 Å². The van der Waals surface area contributed by atoms with Gasteiger partial charge in [0.15, 0.2) is 6.61 Å². The van der Waals surface area contributed by atoms with Crippen LogP contribution in [0.3, 0.4) is 0 Å². The molecule has 5 nitrogen and oxygen atoms in total. The zero-order chi connectivity index (χ0) is 18.9. The Balaban J connectivity index is 2.03. The lowest BCUT2D eigenvalue weighted by Crippen LogP contribution is -2.39. The molecule has 0 aliphatic rings. The molecule has 0 aliphatic carbocycles. The molecular weight excluding hydrogens is 350 g/mol. The minimum Gasteiger partial charge on any atom is -0.482 e. The van der Waals surface area contributed by atoms with Gasteiger partial charge in [0.2, 0.25) is 0 Å². The minimum absolute atomic E-state index is 0.0760. The summed E-state index contributed by atoms with van der Waals surface area (Å²) in [5, 5.41) is 9.38. The molecule has 6 heteroatoms. The number of para-hydroxylation sites is 1. The number of amides is 1. The van der Waals surface area contributed by atoms with Crippen LogP contribution in [0.1, 0.15) is 11.1 Å². The molecule has 0 aliphatic heterocycles. The Hall–Kier alpha value is -2.55. The molecule has 0 saturated heterocycles. The molecule has 1 amide bonds. The molecule has 26 heavy (non-hydrogen) atoms. The van der Waals surface area contributed by atoms with Crippen LogP contribution < -0.4 is 4.74 Å². The SMILES string of the molecule is CN(C)CCN(Cc1ccc(C#N)cc1)C(=O)COc1ccccc1Cl. The molecule has 2 aromatic carbocycles. The number of carbonyl (C=O) groups excluding carboxylic acids is 1. The van der Waals surface area contributed by atoms with E-state index in [9.17, 15) is 4.79 Å². The second kappa shape index (κ2) is 9.81. The molecule has 2 rings (SSSR count). The molecular formula is C20H22ClN3O2. The summed E-state index contributed by atoms with van der Waals surface area (Å²) in [7, 11) is 3.93. The number of ether oxygens (including phenoxy) is 1. The Morgan fingerprint density at radius 3 is 2.42 bits per heavy atom. The van der Waals surface area contributed by atoms with Gasteiger partial charge in [0.1, 0.15) is 5.75 Å². The van der Waals surface area contributed by atoms with Crippen molar-refractivity contribution in [1.29, 1.82) is 5.26 Å². The van der Waals surface area contributed by atoms with E-state index in [1.54, 1.807) is 29.2 Å². The zero-order valence-corrected chi connectivity index (χ0v) is 15.7. The highest BCUT2D eigenvalue weighted by Crippen LogP contribution is 2.23. The van der Waals surface area contributed by atoms with Gasteiger partial charge in [-0.3, -0.25) is 4.79 Å². The van der Waals surface area contributed by atoms with Crippen LogP contribution in [-0.4, -0.2) is 49.5 Å². The van der Waals surface area contributed by atoms with E-state index in [4.69, 9.17) is 21.6 Å². The summed E-state index contributed by atoms with van der Waals surface area (Å²) >= 11 is 6.07. The van der Waals surface area contributed by atoms with Crippen molar-refractivity contribution in [3.8, 4) is 11.8 Å². The highest BCUT2D eigenvalue weighted by atomic mass is 35.5. The zero-order valence-electron chi connectivity index (χ0n) is 15.0. The number of halogens is 1. The summed E-state index contributed by atoms with van der Waals surface area (Å²) in [5.41, 5.74) is 1.57. The first kappa shape index (κ1) is 19.8. The lowest BCUT2D eigenvalue weighted by Gasteiger charge is -2.24. The molecule has 2 aromatic rings. The standard InChI is InChI=1S/C20H22ClN3O2/c1-23(2)11-12-24(14-17-9-7-16(13-22)8-10-17)20(25)15-26-19-6-4-3-5-18(19)21/h3-10H,11-12,14-15H2,1-2H3. The maximum absolute atomic E-state index is 12.7. The number of benzene rings is 2. The van der Waals surface area contributed by atoms with Gasteiger partial charge in [-0.25, -0.2) is 0 Å². The van der Waals surface area contributed by atoms with E-state index < -0.39 is 0 Å². The molecule has 136 valence electrons. The Bertz CT molecular complexity index is 769. The molecule has 0 spiro atoms. The number of carbonyl (C=O) groups is 1. The van der Waals surface area contributed by atoms with Crippen molar-refractivity contribution >= 4 is 17.5 Å². The highest BCUT2D eigenvalue weighted by Gasteiger charge is 2.16. The first-order valence-corrected chi connectivity index (χ1v) is 8.66. The van der Waals surface area contributed by atoms with Crippen LogP contribution in [-0.2, 0) is 11.3 Å². The van der Waals surface area contributed by atoms with E-state index in [1.165, 1.54) is 0 Å². The second-order valence-electron chi connectivity index (χ2n) is 6.15. The molecule has 0 bridgehead atoms. The van der Waals surface area contributed by atoms with Crippen LogP contribution in [0.5, 0.6) is 5.75 Å². The predicted octanol–water partition coefficient (Wildman–Crippen LogP) is 3.18. The van der Waals surface area contributed by atoms with Crippen LogP contribution in [0.2, 0.25) is 5.02 Å². The predicted molar refractivity (Wildman–Crippen MR) is 102 cm³/mol. The average Bonchev–Trinajstić information content (AvgIpc) is 2.64. The summed E-state index contributed by atoms with van der Waals surface area (Å²) in [6.45, 7) is 1.71. The number of nitrogens with zero attached hydrogens (tertiary/aromatic N) is 3. The fourth-order valence-electron chi connectivity index (χ4n) is 2.31. The summed E-state index contributed by atoms with van der Waals surface area (Å²) in [6.07, 6.45) is 0. The monoisotopic (exact) mass is 371 g/mol. The van der Waals surface area contributed by atoms with Crippen molar-refractivity contribution in [2.45, 2.75) is 6.54 Å². The fraction of sp³-hybridized carbons (Fsp3) is 0.300. The Morgan fingerprint density at radius 2 is 1.81 bits per heavy atom. The highest BCUT2D eigenvalue weighted by molar-refractivity contribution is 6.32. The summed E-state index contributed by atoms with van der Waals surface area (Å²) in [6, 6.07) is 16.4. The molecule has 0 N–H and O–H groups in total. The number of rotatable bonds is 8. The Labute approximate surface area is 159 Å². The average molecular weight is 372 g/mol. The molecule has 0 aromatic heterocycles. The van der Waals surface area contributed by atoms with Crippen molar-refractivity contribution in [3.63, 3.8) is 0 Å². The lowest BCUT2D eigenvalue weighted by atomic mass is 10.1. The maximum Gasteiger partial charge on any atom is 0.260 e. The van der Waals surface area contributed by atoms with Gasteiger partial charge < -0.3 is 14.5 Å². The van der Waals surface area contributed by atoms with Crippen molar-refractivity contribution in [2.75, 3.05) is 33.8 Å². The third kappa shape index (κ3) is 6.07. The quantitative estimate of drug-likeness (QED) is 0.715. The van der Waals surface area contributed by atoms with Crippen LogP contribution in [0.25, 0.3) is 0 Å². The third-order valence-electron chi connectivity index (χ3n) is 3.81. The largest absolute Gasteiger partial charge is 0.482 e. The summed E-state index contributed by atoms with van der Waals surface area (Å²) < 4.78 is 5.58. The van der Waals surface area contributed by atoms with E-state index in [0.29, 0.717) is 29.4 Å². The third-order valence-corrected chi connectivity index (χ3v) is 4.13. The first-order chi connectivity index (χ1) is 12.5. The van der Waals surface area contributed by atoms with Gasteiger partial charge in [-0.1, -0.05) is 35.9 Å². The number of hydrogen-bond donors (Lipinski definition) is 0. The van der Waals surface area contributed by atoms with E-state index in [-0.39, 0.29) is 12.5 Å². The van der Waals surface area contributed by atoms with Crippen LogP contribution >= 0.6 is 11.6 Å². The van der Waals surface area contributed by atoms with Crippen molar-refractivity contribution < 1.29 is 9.53 Å². The van der Waals surface area contributed by atoms with Crippen LogP contribution in [0.4, 0.5) is 0 Å². The molecule has 0 unspecified atom stereocenters. The first-order valence-electron chi connectivity index (χ1n) is 8.28. The molecule has 0 saturated carbocycles. The topological polar surface area (TPSA) is 56.6 Å². The Morgan fingerprint density at radius 1 is 1.12 bits per heavy atom. The molecule has 0 fully saturated rings. The smallest absolute Gasteiger partial charge is 0.260 e. The van der Waals surface area contributed by atoms with E-state index in [2.05, 4.69) is 6.07 Å². The van der Waals surface area contributed by atoms with Gasteiger partial charge in [-0.2, -0.15) is 5.26 Å². The Kier molecular flexibility index (Phi) is 7.46. The molecule has 0 atom stereocenters. The van der Waals surface area contributed by atoms with Crippen molar-refractivity contribution in [3.05, 3.63) is 64.7 Å². The van der Waals surface area contributed by atoms with Gasteiger partial charge in [-0.05, 0) is 43.9 Å².